The highest BCUT2D eigenvalue weighted by molar-refractivity contribution is 5.17. The standard InChI is InChI=1S/C15H21F3N2/c1-11-6-13(19-7-15(17)18)10-20(8-11)9-12-4-2-3-5-14(12)16/h2-5,11,13,15,19H,6-10H2,1H3. The Balaban J connectivity index is 1.92. The zero-order valence-electron chi connectivity index (χ0n) is 11.7. The minimum absolute atomic E-state index is 0.0551. The van der Waals surface area contributed by atoms with Gasteiger partial charge in [0.05, 0.1) is 6.54 Å². The van der Waals surface area contributed by atoms with Gasteiger partial charge >= 0.3 is 0 Å². The fourth-order valence-electron chi connectivity index (χ4n) is 2.86. The van der Waals surface area contributed by atoms with Gasteiger partial charge in [-0.1, -0.05) is 25.1 Å². The number of likely N-dealkylation sites (tertiary alicyclic amines) is 1. The third-order valence-corrected chi connectivity index (χ3v) is 3.65. The lowest BCUT2D eigenvalue weighted by Gasteiger charge is -2.37. The van der Waals surface area contributed by atoms with Crippen LogP contribution in [0.2, 0.25) is 0 Å². The van der Waals surface area contributed by atoms with Crippen LogP contribution in [0.4, 0.5) is 13.2 Å². The van der Waals surface area contributed by atoms with E-state index < -0.39 is 6.43 Å². The Bertz CT molecular complexity index is 425. The number of hydrogen-bond donors (Lipinski definition) is 1. The Hall–Kier alpha value is -1.07. The van der Waals surface area contributed by atoms with E-state index in [1.54, 1.807) is 12.1 Å². The fourth-order valence-corrected chi connectivity index (χ4v) is 2.86. The molecule has 2 rings (SSSR count). The first kappa shape index (κ1) is 15.3. The average Bonchev–Trinajstić information content (AvgIpc) is 2.38. The van der Waals surface area contributed by atoms with Crippen molar-refractivity contribution in [2.45, 2.75) is 32.4 Å². The highest BCUT2D eigenvalue weighted by atomic mass is 19.3. The van der Waals surface area contributed by atoms with E-state index in [9.17, 15) is 13.2 Å². The monoisotopic (exact) mass is 286 g/mol. The Morgan fingerprint density at radius 1 is 1.30 bits per heavy atom. The summed E-state index contributed by atoms with van der Waals surface area (Å²) in [7, 11) is 0. The highest BCUT2D eigenvalue weighted by Gasteiger charge is 2.25. The van der Waals surface area contributed by atoms with E-state index in [1.807, 2.05) is 6.07 Å². The predicted molar refractivity (Wildman–Crippen MR) is 73.3 cm³/mol. The van der Waals surface area contributed by atoms with E-state index in [0.717, 1.165) is 13.0 Å². The van der Waals surface area contributed by atoms with E-state index in [4.69, 9.17) is 0 Å². The molecule has 0 saturated carbocycles. The van der Waals surface area contributed by atoms with Crippen LogP contribution in [0.15, 0.2) is 24.3 Å². The van der Waals surface area contributed by atoms with E-state index in [0.29, 0.717) is 24.6 Å². The van der Waals surface area contributed by atoms with Crippen LogP contribution in [0.1, 0.15) is 18.9 Å². The number of benzene rings is 1. The maximum atomic E-state index is 13.7. The third-order valence-electron chi connectivity index (χ3n) is 3.65. The molecule has 112 valence electrons. The summed E-state index contributed by atoms with van der Waals surface area (Å²) in [6.45, 7) is 3.92. The molecule has 1 saturated heterocycles. The number of piperidine rings is 1. The van der Waals surface area contributed by atoms with Crippen LogP contribution in [0, 0.1) is 11.7 Å². The van der Waals surface area contributed by atoms with Gasteiger partial charge < -0.3 is 5.32 Å². The van der Waals surface area contributed by atoms with Gasteiger partial charge in [-0.3, -0.25) is 4.90 Å². The molecule has 0 bridgehead atoms. The molecule has 1 aromatic carbocycles. The van der Waals surface area contributed by atoms with Crippen LogP contribution in [-0.4, -0.2) is 37.0 Å². The first-order valence-electron chi connectivity index (χ1n) is 7.02. The highest BCUT2D eigenvalue weighted by Crippen LogP contribution is 2.19. The van der Waals surface area contributed by atoms with Crippen molar-refractivity contribution in [1.82, 2.24) is 10.2 Å². The normalized spacial score (nSPS) is 24.2. The van der Waals surface area contributed by atoms with Gasteiger partial charge in [0.2, 0.25) is 0 Å². The first-order chi connectivity index (χ1) is 9.54. The molecule has 1 aliphatic heterocycles. The second-order valence-corrected chi connectivity index (χ2v) is 5.62. The summed E-state index contributed by atoms with van der Waals surface area (Å²) in [4.78, 5) is 2.13. The molecule has 1 aliphatic rings. The van der Waals surface area contributed by atoms with Crippen LogP contribution in [-0.2, 0) is 6.54 Å². The molecule has 2 unspecified atom stereocenters. The predicted octanol–water partition coefficient (Wildman–Crippen LogP) is 2.89. The topological polar surface area (TPSA) is 15.3 Å². The minimum Gasteiger partial charge on any atom is -0.307 e. The Morgan fingerprint density at radius 3 is 2.75 bits per heavy atom. The van der Waals surface area contributed by atoms with Gasteiger partial charge in [-0.15, -0.1) is 0 Å². The average molecular weight is 286 g/mol. The molecule has 0 aromatic heterocycles. The van der Waals surface area contributed by atoms with Gasteiger partial charge in [-0.25, -0.2) is 13.2 Å². The van der Waals surface area contributed by atoms with E-state index in [-0.39, 0.29) is 18.4 Å². The molecule has 2 atom stereocenters. The van der Waals surface area contributed by atoms with Crippen LogP contribution in [0.3, 0.4) is 0 Å². The van der Waals surface area contributed by atoms with Crippen molar-refractivity contribution in [2.75, 3.05) is 19.6 Å². The Labute approximate surface area is 118 Å². The summed E-state index contributed by atoms with van der Waals surface area (Å²) < 4.78 is 38.2. The van der Waals surface area contributed by atoms with Gasteiger partial charge in [0, 0.05) is 31.2 Å². The first-order valence-corrected chi connectivity index (χ1v) is 7.02. The molecule has 1 heterocycles. The molecule has 0 spiro atoms. The third kappa shape index (κ3) is 4.49. The molecular formula is C15H21F3N2. The zero-order chi connectivity index (χ0) is 14.5. The number of nitrogens with one attached hydrogen (secondary N) is 1. The minimum atomic E-state index is -2.33. The van der Waals surface area contributed by atoms with Crippen molar-refractivity contribution in [3.05, 3.63) is 35.6 Å². The number of hydrogen-bond acceptors (Lipinski definition) is 2. The van der Waals surface area contributed by atoms with E-state index in [2.05, 4.69) is 17.1 Å². The maximum Gasteiger partial charge on any atom is 0.250 e. The zero-order valence-corrected chi connectivity index (χ0v) is 11.7. The van der Waals surface area contributed by atoms with Crippen molar-refractivity contribution in [2.24, 2.45) is 5.92 Å². The van der Waals surface area contributed by atoms with Gasteiger partial charge in [0.1, 0.15) is 5.82 Å². The summed E-state index contributed by atoms with van der Waals surface area (Å²) in [5.74, 6) is 0.216. The molecule has 1 aromatic rings. The number of rotatable bonds is 5. The summed E-state index contributed by atoms with van der Waals surface area (Å²) >= 11 is 0. The molecule has 0 radical (unpaired) electrons. The summed E-state index contributed by atoms with van der Waals surface area (Å²) in [6.07, 6.45) is -1.44. The quantitative estimate of drug-likeness (QED) is 0.895. The molecule has 0 amide bonds. The summed E-state index contributed by atoms with van der Waals surface area (Å²) in [5.41, 5.74) is 0.661. The smallest absolute Gasteiger partial charge is 0.250 e. The lowest BCUT2D eigenvalue weighted by atomic mass is 9.95. The van der Waals surface area contributed by atoms with Crippen molar-refractivity contribution < 1.29 is 13.2 Å². The Morgan fingerprint density at radius 2 is 2.05 bits per heavy atom. The second kappa shape index (κ2) is 7.09. The second-order valence-electron chi connectivity index (χ2n) is 5.62. The fraction of sp³-hybridized carbons (Fsp3) is 0.600. The van der Waals surface area contributed by atoms with Gasteiger partial charge in [-0.05, 0) is 18.4 Å². The maximum absolute atomic E-state index is 13.7. The molecular weight excluding hydrogens is 265 g/mol. The van der Waals surface area contributed by atoms with Crippen molar-refractivity contribution in [3.8, 4) is 0 Å². The molecule has 1 N–H and O–H groups in total. The van der Waals surface area contributed by atoms with Gasteiger partial charge in [0.25, 0.3) is 6.43 Å². The van der Waals surface area contributed by atoms with Crippen LogP contribution < -0.4 is 5.32 Å². The molecule has 0 aliphatic carbocycles. The molecule has 2 nitrogen and oxygen atoms in total. The largest absolute Gasteiger partial charge is 0.307 e. The van der Waals surface area contributed by atoms with Crippen LogP contribution in [0.25, 0.3) is 0 Å². The SMILES string of the molecule is CC1CC(NCC(F)F)CN(Cc2ccccc2F)C1. The molecule has 5 heteroatoms. The molecule has 20 heavy (non-hydrogen) atoms. The number of halogens is 3. The van der Waals surface area contributed by atoms with Crippen molar-refractivity contribution in [1.29, 1.82) is 0 Å². The molecule has 1 fully saturated rings. The Kier molecular flexibility index (Phi) is 5.43. The number of nitrogens with zero attached hydrogens (tertiary/aromatic N) is 1. The van der Waals surface area contributed by atoms with Crippen molar-refractivity contribution in [3.63, 3.8) is 0 Å². The van der Waals surface area contributed by atoms with E-state index in [1.165, 1.54) is 6.07 Å². The lowest BCUT2D eigenvalue weighted by Crippen LogP contribution is -2.49. The number of alkyl halides is 2. The van der Waals surface area contributed by atoms with Crippen LogP contribution >= 0.6 is 0 Å². The van der Waals surface area contributed by atoms with Crippen LogP contribution in [0.5, 0.6) is 0 Å². The van der Waals surface area contributed by atoms with Gasteiger partial charge in [0.15, 0.2) is 0 Å². The summed E-state index contributed by atoms with van der Waals surface area (Å²) in [5, 5.41) is 2.90. The lowest BCUT2D eigenvalue weighted by molar-refractivity contribution is 0.109. The van der Waals surface area contributed by atoms with Crippen molar-refractivity contribution >= 4 is 0 Å². The van der Waals surface area contributed by atoms with E-state index >= 15 is 0 Å². The summed E-state index contributed by atoms with van der Waals surface area (Å²) in [6, 6.07) is 6.77. The van der Waals surface area contributed by atoms with Gasteiger partial charge in [-0.2, -0.15) is 0 Å².